The van der Waals surface area contributed by atoms with Gasteiger partial charge in [0.25, 0.3) is 0 Å². The van der Waals surface area contributed by atoms with Gasteiger partial charge in [-0.05, 0) is 48.4 Å². The minimum absolute atomic E-state index is 0.0719. The number of carbonyl (C=O) groups excluding carboxylic acids is 2. The lowest BCUT2D eigenvalue weighted by Crippen LogP contribution is -2.31. The molecule has 2 amide bonds. The lowest BCUT2D eigenvalue weighted by atomic mass is 10.1. The Morgan fingerprint density at radius 1 is 0.923 bits per heavy atom. The molecule has 0 radical (unpaired) electrons. The standard InChI is InChI=1S/C21H27N3O2/c1-5-17-6-10-20(11-7-17)24(16(2)25)15-14-21(26)22-18-8-12-19(13-9-18)23(3)4/h6-13H,5,14-15H2,1-4H3,(H,22,26). The van der Waals surface area contributed by atoms with E-state index in [-0.39, 0.29) is 18.2 Å². The Morgan fingerprint density at radius 2 is 1.50 bits per heavy atom. The number of amides is 2. The topological polar surface area (TPSA) is 52.7 Å². The molecule has 0 saturated carbocycles. The minimum atomic E-state index is -0.112. The fourth-order valence-corrected chi connectivity index (χ4v) is 2.66. The first-order valence-corrected chi connectivity index (χ1v) is 8.85. The van der Waals surface area contributed by atoms with Crippen LogP contribution in [-0.4, -0.2) is 32.5 Å². The number of nitrogens with zero attached hydrogens (tertiary/aromatic N) is 2. The van der Waals surface area contributed by atoms with Crippen LogP contribution in [0.15, 0.2) is 48.5 Å². The molecule has 0 aliphatic heterocycles. The van der Waals surface area contributed by atoms with E-state index in [1.165, 1.54) is 12.5 Å². The van der Waals surface area contributed by atoms with Crippen LogP contribution in [0.4, 0.5) is 17.1 Å². The van der Waals surface area contributed by atoms with E-state index in [0.29, 0.717) is 6.54 Å². The van der Waals surface area contributed by atoms with E-state index in [0.717, 1.165) is 23.5 Å². The minimum Gasteiger partial charge on any atom is -0.378 e. The number of benzene rings is 2. The second-order valence-corrected chi connectivity index (χ2v) is 6.43. The van der Waals surface area contributed by atoms with E-state index in [2.05, 4.69) is 12.2 Å². The molecule has 5 heteroatoms. The van der Waals surface area contributed by atoms with Gasteiger partial charge in [0, 0.05) is 51.0 Å². The van der Waals surface area contributed by atoms with Gasteiger partial charge in [0.1, 0.15) is 0 Å². The Bertz CT molecular complexity index is 737. The van der Waals surface area contributed by atoms with Crippen molar-refractivity contribution in [2.75, 3.05) is 35.8 Å². The number of hydrogen-bond acceptors (Lipinski definition) is 3. The van der Waals surface area contributed by atoms with Crippen molar-refractivity contribution in [1.82, 2.24) is 0 Å². The van der Waals surface area contributed by atoms with Gasteiger partial charge in [-0.25, -0.2) is 0 Å². The van der Waals surface area contributed by atoms with E-state index in [1.54, 1.807) is 4.90 Å². The first-order chi connectivity index (χ1) is 12.4. The second kappa shape index (κ2) is 9.04. The maximum atomic E-state index is 12.2. The van der Waals surface area contributed by atoms with Gasteiger partial charge in [0.05, 0.1) is 0 Å². The second-order valence-electron chi connectivity index (χ2n) is 6.43. The van der Waals surface area contributed by atoms with Crippen LogP contribution in [0.2, 0.25) is 0 Å². The van der Waals surface area contributed by atoms with Crippen LogP contribution < -0.4 is 15.1 Å². The van der Waals surface area contributed by atoms with Crippen LogP contribution in [-0.2, 0) is 16.0 Å². The lowest BCUT2D eigenvalue weighted by molar-refractivity contribution is -0.117. The molecule has 0 bridgehead atoms. The quantitative estimate of drug-likeness (QED) is 0.826. The van der Waals surface area contributed by atoms with E-state index in [9.17, 15) is 9.59 Å². The van der Waals surface area contributed by atoms with Crippen molar-refractivity contribution in [3.63, 3.8) is 0 Å². The van der Waals surface area contributed by atoms with Gasteiger partial charge in [0.15, 0.2) is 0 Å². The van der Waals surface area contributed by atoms with E-state index in [4.69, 9.17) is 0 Å². The summed E-state index contributed by atoms with van der Waals surface area (Å²) in [5, 5.41) is 2.88. The number of aryl methyl sites for hydroxylation is 1. The molecular formula is C21H27N3O2. The van der Waals surface area contributed by atoms with Gasteiger partial charge in [-0.2, -0.15) is 0 Å². The summed E-state index contributed by atoms with van der Waals surface area (Å²) >= 11 is 0. The Balaban J connectivity index is 1.95. The molecule has 0 atom stereocenters. The summed E-state index contributed by atoms with van der Waals surface area (Å²) in [4.78, 5) is 27.8. The van der Waals surface area contributed by atoms with Crippen LogP contribution in [0, 0.1) is 0 Å². The van der Waals surface area contributed by atoms with Crippen molar-refractivity contribution in [2.45, 2.75) is 26.7 Å². The average Bonchev–Trinajstić information content (AvgIpc) is 2.62. The van der Waals surface area contributed by atoms with Crippen molar-refractivity contribution >= 4 is 28.9 Å². The number of hydrogen-bond donors (Lipinski definition) is 1. The highest BCUT2D eigenvalue weighted by Gasteiger charge is 2.13. The summed E-state index contributed by atoms with van der Waals surface area (Å²) < 4.78 is 0. The summed E-state index contributed by atoms with van der Waals surface area (Å²) in [6.07, 6.45) is 1.19. The summed E-state index contributed by atoms with van der Waals surface area (Å²) in [6, 6.07) is 15.5. The van der Waals surface area contributed by atoms with Crippen LogP contribution in [0.1, 0.15) is 25.8 Å². The smallest absolute Gasteiger partial charge is 0.226 e. The molecule has 0 aliphatic rings. The molecule has 5 nitrogen and oxygen atoms in total. The summed E-state index contributed by atoms with van der Waals surface area (Å²) in [7, 11) is 3.94. The molecular weight excluding hydrogens is 326 g/mol. The van der Waals surface area contributed by atoms with Crippen LogP contribution in [0.3, 0.4) is 0 Å². The highest BCUT2D eigenvalue weighted by molar-refractivity contribution is 5.94. The zero-order valence-electron chi connectivity index (χ0n) is 16.0. The number of carbonyl (C=O) groups is 2. The Labute approximate surface area is 155 Å². The van der Waals surface area contributed by atoms with Gasteiger partial charge in [-0.1, -0.05) is 19.1 Å². The Hall–Kier alpha value is -2.82. The molecule has 2 aromatic carbocycles. The fourth-order valence-electron chi connectivity index (χ4n) is 2.66. The maximum absolute atomic E-state index is 12.2. The molecule has 0 fully saturated rings. The monoisotopic (exact) mass is 353 g/mol. The van der Waals surface area contributed by atoms with Crippen molar-refractivity contribution in [2.24, 2.45) is 0 Å². The third kappa shape index (κ3) is 5.34. The van der Waals surface area contributed by atoms with Gasteiger partial charge in [0.2, 0.25) is 11.8 Å². The first-order valence-electron chi connectivity index (χ1n) is 8.85. The van der Waals surface area contributed by atoms with Gasteiger partial charge >= 0.3 is 0 Å². The van der Waals surface area contributed by atoms with Gasteiger partial charge in [-0.3, -0.25) is 9.59 Å². The van der Waals surface area contributed by atoms with Crippen molar-refractivity contribution in [3.05, 3.63) is 54.1 Å². The molecule has 0 spiro atoms. The molecule has 2 rings (SSSR count). The molecule has 0 aromatic heterocycles. The normalized spacial score (nSPS) is 10.3. The average molecular weight is 353 g/mol. The van der Waals surface area contributed by atoms with Gasteiger partial charge in [-0.15, -0.1) is 0 Å². The molecule has 0 aliphatic carbocycles. The highest BCUT2D eigenvalue weighted by Crippen LogP contribution is 2.18. The predicted molar refractivity (Wildman–Crippen MR) is 108 cm³/mol. The maximum Gasteiger partial charge on any atom is 0.226 e. The fraction of sp³-hybridized carbons (Fsp3) is 0.333. The van der Waals surface area contributed by atoms with E-state index < -0.39 is 0 Å². The summed E-state index contributed by atoms with van der Waals surface area (Å²) in [5.41, 5.74) is 3.86. The molecule has 1 N–H and O–H groups in total. The van der Waals surface area contributed by atoms with Crippen LogP contribution in [0.25, 0.3) is 0 Å². The zero-order valence-corrected chi connectivity index (χ0v) is 16.0. The Morgan fingerprint density at radius 3 is 2.00 bits per heavy atom. The third-order valence-corrected chi connectivity index (χ3v) is 4.27. The van der Waals surface area contributed by atoms with Crippen molar-refractivity contribution in [1.29, 1.82) is 0 Å². The molecule has 138 valence electrons. The highest BCUT2D eigenvalue weighted by atomic mass is 16.2. The largest absolute Gasteiger partial charge is 0.378 e. The SMILES string of the molecule is CCc1ccc(N(CCC(=O)Nc2ccc(N(C)C)cc2)C(C)=O)cc1. The van der Waals surface area contributed by atoms with E-state index in [1.807, 2.05) is 67.5 Å². The number of nitrogens with one attached hydrogen (secondary N) is 1. The lowest BCUT2D eigenvalue weighted by Gasteiger charge is -2.21. The van der Waals surface area contributed by atoms with Gasteiger partial charge < -0.3 is 15.1 Å². The number of rotatable bonds is 7. The summed E-state index contributed by atoms with van der Waals surface area (Å²) in [6.45, 7) is 3.96. The van der Waals surface area contributed by atoms with E-state index >= 15 is 0 Å². The summed E-state index contributed by atoms with van der Waals surface area (Å²) in [5.74, 6) is -0.184. The Kier molecular flexibility index (Phi) is 6.78. The first kappa shape index (κ1) is 19.5. The predicted octanol–water partition coefficient (Wildman–Crippen LogP) is 3.70. The van der Waals surface area contributed by atoms with Crippen LogP contribution >= 0.6 is 0 Å². The molecule has 26 heavy (non-hydrogen) atoms. The molecule has 0 unspecified atom stereocenters. The van der Waals surface area contributed by atoms with Crippen molar-refractivity contribution < 1.29 is 9.59 Å². The van der Waals surface area contributed by atoms with Crippen LogP contribution in [0.5, 0.6) is 0 Å². The molecule has 2 aromatic rings. The molecule has 0 saturated heterocycles. The molecule has 0 heterocycles. The number of anilines is 3. The zero-order chi connectivity index (χ0) is 19.1. The van der Waals surface area contributed by atoms with Crippen molar-refractivity contribution in [3.8, 4) is 0 Å². The third-order valence-electron chi connectivity index (χ3n) is 4.27.